The van der Waals surface area contributed by atoms with E-state index < -0.39 is 0 Å². The van der Waals surface area contributed by atoms with Crippen molar-refractivity contribution in [3.63, 3.8) is 0 Å². The molecule has 0 unspecified atom stereocenters. The highest BCUT2D eigenvalue weighted by Crippen LogP contribution is 2.26. The highest BCUT2D eigenvalue weighted by Gasteiger charge is 2.14. The van der Waals surface area contributed by atoms with Gasteiger partial charge in [-0.3, -0.25) is 4.98 Å². The number of aliphatic hydroxyl groups excluding tert-OH is 1. The van der Waals surface area contributed by atoms with Crippen LogP contribution in [0.5, 0.6) is 0 Å². The molecule has 0 aliphatic carbocycles. The minimum atomic E-state index is 0.0449. The molecule has 2 heterocycles. The minimum Gasteiger partial charge on any atom is -0.392 e. The second kappa shape index (κ2) is 6.41. The largest absolute Gasteiger partial charge is 0.392 e. The molecule has 1 aliphatic heterocycles. The number of aryl methyl sites for hydroxylation is 1. The van der Waals surface area contributed by atoms with Crippen molar-refractivity contribution in [2.45, 2.75) is 26.4 Å². The molecule has 0 amide bonds. The van der Waals surface area contributed by atoms with Gasteiger partial charge in [0.1, 0.15) is 0 Å². The number of fused-ring (bicyclic) bond motifs is 1. The topological polar surface area (TPSA) is 54.4 Å². The van der Waals surface area contributed by atoms with Gasteiger partial charge in [-0.15, -0.1) is 0 Å². The number of nitrogens with zero attached hydrogens (tertiary/aromatic N) is 1. The van der Waals surface area contributed by atoms with E-state index in [1.807, 2.05) is 25.1 Å². The summed E-state index contributed by atoms with van der Waals surface area (Å²) in [7, 11) is 0. The Morgan fingerprint density at radius 3 is 2.90 bits per heavy atom. The zero-order valence-corrected chi connectivity index (χ0v) is 12.4. The van der Waals surface area contributed by atoms with Crippen molar-refractivity contribution < 1.29 is 9.84 Å². The lowest BCUT2D eigenvalue weighted by Gasteiger charge is -2.23. The quantitative estimate of drug-likeness (QED) is 0.907. The van der Waals surface area contributed by atoms with Crippen molar-refractivity contribution in [1.82, 2.24) is 4.98 Å². The van der Waals surface area contributed by atoms with Gasteiger partial charge in [-0.1, -0.05) is 12.1 Å². The van der Waals surface area contributed by atoms with E-state index in [4.69, 9.17) is 4.74 Å². The molecule has 0 bridgehead atoms. The van der Waals surface area contributed by atoms with E-state index in [1.54, 1.807) is 0 Å². The summed E-state index contributed by atoms with van der Waals surface area (Å²) in [5.74, 6) is 0.663. The number of anilines is 1. The van der Waals surface area contributed by atoms with Gasteiger partial charge in [-0.25, -0.2) is 0 Å². The fourth-order valence-electron chi connectivity index (χ4n) is 2.94. The van der Waals surface area contributed by atoms with Gasteiger partial charge < -0.3 is 15.2 Å². The van der Waals surface area contributed by atoms with E-state index in [0.717, 1.165) is 60.4 Å². The summed E-state index contributed by atoms with van der Waals surface area (Å²) >= 11 is 0. The smallest absolute Gasteiger partial charge is 0.0940 e. The number of aliphatic hydroxyl groups is 1. The molecule has 0 spiro atoms. The highest BCUT2D eigenvalue weighted by molar-refractivity contribution is 5.92. The molecule has 4 nitrogen and oxygen atoms in total. The highest BCUT2D eigenvalue weighted by atomic mass is 16.5. The van der Waals surface area contributed by atoms with Crippen LogP contribution >= 0.6 is 0 Å². The molecule has 1 aromatic carbocycles. The standard InChI is InChI=1S/C17H22N2O2/c1-12-9-14(11-20)15-3-2-4-16(17(15)19-12)18-10-13-5-7-21-8-6-13/h2-4,9,13,18,20H,5-8,10-11H2,1H3. The molecule has 1 saturated heterocycles. The summed E-state index contributed by atoms with van der Waals surface area (Å²) in [6.07, 6.45) is 2.23. The van der Waals surface area contributed by atoms with E-state index in [0.29, 0.717) is 5.92 Å². The Labute approximate surface area is 125 Å². The normalized spacial score (nSPS) is 16.3. The predicted molar refractivity (Wildman–Crippen MR) is 84.4 cm³/mol. The Morgan fingerprint density at radius 1 is 1.33 bits per heavy atom. The van der Waals surface area contributed by atoms with Gasteiger partial charge in [0.25, 0.3) is 0 Å². The molecular weight excluding hydrogens is 264 g/mol. The Bertz CT molecular complexity index is 621. The maximum absolute atomic E-state index is 9.52. The van der Waals surface area contributed by atoms with Crippen LogP contribution in [0.3, 0.4) is 0 Å². The van der Waals surface area contributed by atoms with Crippen LogP contribution in [0.15, 0.2) is 24.3 Å². The number of para-hydroxylation sites is 1. The number of pyridine rings is 1. The molecule has 4 heteroatoms. The second-order valence-corrected chi connectivity index (χ2v) is 5.72. The monoisotopic (exact) mass is 286 g/mol. The molecule has 0 saturated carbocycles. The van der Waals surface area contributed by atoms with Crippen molar-refractivity contribution in [1.29, 1.82) is 0 Å². The second-order valence-electron chi connectivity index (χ2n) is 5.72. The molecule has 112 valence electrons. The van der Waals surface area contributed by atoms with Crippen LogP contribution < -0.4 is 5.32 Å². The van der Waals surface area contributed by atoms with Crippen molar-refractivity contribution in [3.05, 3.63) is 35.5 Å². The van der Waals surface area contributed by atoms with Crippen LogP contribution in [0.25, 0.3) is 10.9 Å². The van der Waals surface area contributed by atoms with Gasteiger partial charge in [0.2, 0.25) is 0 Å². The Balaban J connectivity index is 1.86. The molecule has 1 aromatic heterocycles. The van der Waals surface area contributed by atoms with Gasteiger partial charge in [-0.2, -0.15) is 0 Å². The van der Waals surface area contributed by atoms with E-state index in [-0.39, 0.29) is 6.61 Å². The average molecular weight is 286 g/mol. The van der Waals surface area contributed by atoms with Crippen LogP contribution in [0.2, 0.25) is 0 Å². The molecule has 1 fully saturated rings. The summed E-state index contributed by atoms with van der Waals surface area (Å²) in [4.78, 5) is 4.65. The van der Waals surface area contributed by atoms with E-state index >= 15 is 0 Å². The molecule has 2 N–H and O–H groups in total. The summed E-state index contributed by atoms with van der Waals surface area (Å²) in [5.41, 5.74) is 3.88. The molecule has 0 radical (unpaired) electrons. The molecule has 1 aliphatic rings. The van der Waals surface area contributed by atoms with Gasteiger partial charge in [-0.05, 0) is 43.4 Å². The summed E-state index contributed by atoms with van der Waals surface area (Å²) in [6.45, 7) is 4.70. The van der Waals surface area contributed by atoms with Gasteiger partial charge >= 0.3 is 0 Å². The summed E-state index contributed by atoms with van der Waals surface area (Å²) in [5, 5.41) is 14.1. The van der Waals surface area contributed by atoms with Gasteiger partial charge in [0.05, 0.1) is 17.8 Å². The van der Waals surface area contributed by atoms with Crippen LogP contribution in [0, 0.1) is 12.8 Å². The first-order valence-electron chi connectivity index (χ1n) is 7.59. The molecular formula is C17H22N2O2. The first kappa shape index (κ1) is 14.3. The third-order valence-electron chi connectivity index (χ3n) is 4.15. The van der Waals surface area contributed by atoms with E-state index in [9.17, 15) is 5.11 Å². The Morgan fingerprint density at radius 2 is 2.14 bits per heavy atom. The first-order valence-corrected chi connectivity index (χ1v) is 7.59. The van der Waals surface area contributed by atoms with Crippen LogP contribution in [0.1, 0.15) is 24.1 Å². The number of ether oxygens (including phenoxy) is 1. The van der Waals surface area contributed by atoms with Crippen molar-refractivity contribution in [2.24, 2.45) is 5.92 Å². The zero-order chi connectivity index (χ0) is 14.7. The number of hydrogen-bond acceptors (Lipinski definition) is 4. The maximum Gasteiger partial charge on any atom is 0.0940 e. The first-order chi connectivity index (χ1) is 10.3. The van der Waals surface area contributed by atoms with Gasteiger partial charge in [0.15, 0.2) is 0 Å². The summed E-state index contributed by atoms with van der Waals surface area (Å²) < 4.78 is 5.40. The third kappa shape index (κ3) is 3.17. The fourth-order valence-corrected chi connectivity index (χ4v) is 2.94. The van der Waals surface area contributed by atoms with E-state index in [2.05, 4.69) is 16.4 Å². The number of hydrogen-bond donors (Lipinski definition) is 2. The fraction of sp³-hybridized carbons (Fsp3) is 0.471. The predicted octanol–water partition coefficient (Wildman–Crippen LogP) is 2.87. The lowest BCUT2D eigenvalue weighted by Crippen LogP contribution is -2.22. The van der Waals surface area contributed by atoms with Crippen molar-refractivity contribution >= 4 is 16.6 Å². The lowest BCUT2D eigenvalue weighted by molar-refractivity contribution is 0.0699. The molecule has 0 atom stereocenters. The average Bonchev–Trinajstić information content (AvgIpc) is 2.53. The summed E-state index contributed by atoms with van der Waals surface area (Å²) in [6, 6.07) is 8.05. The van der Waals surface area contributed by atoms with Crippen LogP contribution in [0.4, 0.5) is 5.69 Å². The van der Waals surface area contributed by atoms with Gasteiger partial charge in [0, 0.05) is 30.8 Å². The Kier molecular flexibility index (Phi) is 4.36. The Hall–Kier alpha value is -1.65. The third-order valence-corrected chi connectivity index (χ3v) is 4.15. The number of nitrogens with one attached hydrogen (secondary N) is 1. The van der Waals surface area contributed by atoms with E-state index in [1.165, 1.54) is 0 Å². The SMILES string of the molecule is Cc1cc(CO)c2cccc(NCC3CCOCC3)c2n1. The van der Waals surface area contributed by atoms with Crippen LogP contribution in [-0.2, 0) is 11.3 Å². The lowest BCUT2D eigenvalue weighted by atomic mass is 10.00. The number of benzene rings is 1. The van der Waals surface area contributed by atoms with Crippen molar-refractivity contribution in [3.8, 4) is 0 Å². The van der Waals surface area contributed by atoms with Crippen LogP contribution in [-0.4, -0.2) is 29.8 Å². The molecule has 21 heavy (non-hydrogen) atoms. The number of rotatable bonds is 4. The molecule has 3 rings (SSSR count). The van der Waals surface area contributed by atoms with Crippen molar-refractivity contribution in [2.75, 3.05) is 25.1 Å². The minimum absolute atomic E-state index is 0.0449. The maximum atomic E-state index is 9.52. The zero-order valence-electron chi connectivity index (χ0n) is 12.4. The molecule has 2 aromatic rings. The number of aromatic nitrogens is 1.